The van der Waals surface area contributed by atoms with E-state index in [1.165, 1.54) is 64.2 Å². The summed E-state index contributed by atoms with van der Waals surface area (Å²) >= 11 is 0. The fraction of sp³-hybridized carbons (Fsp3) is 0.610. The Hall–Kier alpha value is -4.19. The summed E-state index contributed by atoms with van der Waals surface area (Å²) in [7, 11) is 0. The Balaban J connectivity index is 4.57. The van der Waals surface area contributed by atoms with E-state index in [1.807, 2.05) is 0 Å². The summed E-state index contributed by atoms with van der Waals surface area (Å²) in [4.78, 5) is 38.0. The monoisotopic (exact) mass is 899 g/mol. The van der Waals surface area contributed by atoms with Gasteiger partial charge in [0, 0.05) is 19.3 Å². The Labute approximate surface area is 399 Å². The van der Waals surface area contributed by atoms with E-state index >= 15 is 0 Å². The molecule has 0 atom stereocenters. The van der Waals surface area contributed by atoms with Gasteiger partial charge in [0.05, 0.1) is 0 Å². The summed E-state index contributed by atoms with van der Waals surface area (Å²) in [6.45, 7) is 6.30. The van der Waals surface area contributed by atoms with Crippen molar-refractivity contribution in [3.63, 3.8) is 0 Å². The molecule has 0 unspecified atom stereocenters. The van der Waals surface area contributed by atoms with Crippen molar-refractivity contribution in [2.24, 2.45) is 0 Å². The van der Waals surface area contributed by atoms with Crippen LogP contribution in [0.2, 0.25) is 0 Å². The Kier molecular flexibility index (Phi) is 49.1. The van der Waals surface area contributed by atoms with Crippen molar-refractivity contribution in [3.05, 3.63) is 122 Å². The van der Waals surface area contributed by atoms with E-state index in [-0.39, 0.29) is 44.0 Å². The predicted molar refractivity (Wildman–Crippen MR) is 279 cm³/mol. The second-order valence-electron chi connectivity index (χ2n) is 16.7. The molecule has 0 amide bonds. The first-order valence-electron chi connectivity index (χ1n) is 26.0. The van der Waals surface area contributed by atoms with E-state index in [0.717, 1.165) is 96.3 Å². The normalized spacial score (nSPS) is 12.7. The highest BCUT2D eigenvalue weighted by atomic mass is 16.6. The van der Waals surface area contributed by atoms with Gasteiger partial charge in [0.1, 0.15) is 13.2 Å². The van der Waals surface area contributed by atoms with Gasteiger partial charge in [-0.15, -0.1) is 0 Å². The van der Waals surface area contributed by atoms with E-state index in [0.29, 0.717) is 19.3 Å². The van der Waals surface area contributed by atoms with Crippen molar-refractivity contribution >= 4 is 17.9 Å². The summed E-state index contributed by atoms with van der Waals surface area (Å²) < 4.78 is 16.7. The lowest BCUT2D eigenvalue weighted by Crippen LogP contribution is -2.30. The van der Waals surface area contributed by atoms with E-state index in [2.05, 4.69) is 142 Å². The van der Waals surface area contributed by atoms with Crippen LogP contribution in [-0.2, 0) is 28.6 Å². The van der Waals surface area contributed by atoms with Gasteiger partial charge >= 0.3 is 17.9 Å². The Morgan fingerprint density at radius 3 is 0.923 bits per heavy atom. The zero-order chi connectivity index (χ0) is 47.2. The lowest BCUT2D eigenvalue weighted by atomic mass is 10.0. The first kappa shape index (κ1) is 60.8. The highest BCUT2D eigenvalue weighted by Crippen LogP contribution is 2.14. The molecule has 6 nitrogen and oxygen atoms in total. The lowest BCUT2D eigenvalue weighted by Gasteiger charge is -2.18. The fourth-order valence-corrected chi connectivity index (χ4v) is 6.63. The number of unbranched alkanes of at least 4 members (excludes halogenated alkanes) is 14. The molecule has 0 saturated heterocycles. The van der Waals surface area contributed by atoms with E-state index < -0.39 is 6.10 Å². The predicted octanol–water partition coefficient (Wildman–Crippen LogP) is 17.3. The van der Waals surface area contributed by atoms with Crippen molar-refractivity contribution in [1.29, 1.82) is 0 Å². The molecule has 0 aromatic carbocycles. The largest absolute Gasteiger partial charge is 0.462 e. The van der Waals surface area contributed by atoms with Crippen LogP contribution in [0.5, 0.6) is 0 Å². The van der Waals surface area contributed by atoms with Crippen LogP contribution in [0.3, 0.4) is 0 Å². The van der Waals surface area contributed by atoms with Gasteiger partial charge in [0.2, 0.25) is 0 Å². The third-order valence-corrected chi connectivity index (χ3v) is 10.5. The van der Waals surface area contributed by atoms with Crippen LogP contribution in [0.15, 0.2) is 122 Å². The lowest BCUT2D eigenvalue weighted by molar-refractivity contribution is -0.167. The Morgan fingerprint density at radius 1 is 0.323 bits per heavy atom. The van der Waals surface area contributed by atoms with Gasteiger partial charge in [-0.1, -0.05) is 219 Å². The molecule has 0 spiro atoms. The summed E-state index contributed by atoms with van der Waals surface area (Å²) in [6, 6.07) is 0. The van der Waals surface area contributed by atoms with Gasteiger partial charge in [-0.25, -0.2) is 0 Å². The van der Waals surface area contributed by atoms with Crippen molar-refractivity contribution < 1.29 is 28.6 Å². The third kappa shape index (κ3) is 50.7. The third-order valence-electron chi connectivity index (χ3n) is 10.5. The van der Waals surface area contributed by atoms with Crippen molar-refractivity contribution in [2.45, 2.75) is 219 Å². The van der Waals surface area contributed by atoms with Crippen LogP contribution in [0.4, 0.5) is 0 Å². The zero-order valence-electron chi connectivity index (χ0n) is 41.7. The zero-order valence-corrected chi connectivity index (χ0v) is 41.7. The van der Waals surface area contributed by atoms with Gasteiger partial charge in [-0.2, -0.15) is 0 Å². The molecule has 0 rings (SSSR count). The maximum Gasteiger partial charge on any atom is 0.306 e. The molecule has 0 aliphatic rings. The molecule has 0 radical (unpaired) electrons. The quantitative estimate of drug-likeness (QED) is 0.0262. The van der Waals surface area contributed by atoms with E-state index in [1.54, 1.807) is 0 Å². The molecule has 0 N–H and O–H groups in total. The highest BCUT2D eigenvalue weighted by Gasteiger charge is 2.19. The summed E-state index contributed by atoms with van der Waals surface area (Å²) in [5, 5.41) is 0. The van der Waals surface area contributed by atoms with E-state index in [9.17, 15) is 14.4 Å². The number of esters is 3. The highest BCUT2D eigenvalue weighted by molar-refractivity contribution is 5.71. The summed E-state index contributed by atoms with van der Waals surface area (Å²) in [5.74, 6) is -1.04. The van der Waals surface area contributed by atoms with Gasteiger partial charge in [-0.3, -0.25) is 14.4 Å². The van der Waals surface area contributed by atoms with Crippen molar-refractivity contribution in [2.75, 3.05) is 13.2 Å². The van der Waals surface area contributed by atoms with Crippen molar-refractivity contribution in [1.82, 2.24) is 0 Å². The molecule has 0 aromatic rings. The standard InChI is InChI=1S/C59H94O6/c1-4-7-10-13-16-19-22-25-27-29-31-34-36-39-42-45-48-51-57(60)63-54-56(65-59(62)53-50-47-44-41-38-33-24-21-18-15-12-9-6-3)55-64-58(61)52-49-46-43-40-37-35-32-30-28-26-23-20-17-14-11-8-5-2/h7-8,10-11,16-17,19-20,25-28,31-32,34-35,39-40,42-43,56H,4-6,9,12-15,18,21-24,29-30,33,36-38,41,44-55H2,1-3H3/b10-7-,11-8-,19-16-,20-17-,27-25-,28-26-,34-31-,35-32-,42-39-,43-40-. The smallest absolute Gasteiger partial charge is 0.306 e. The average Bonchev–Trinajstić information content (AvgIpc) is 3.30. The maximum atomic E-state index is 12.8. The van der Waals surface area contributed by atoms with Crippen LogP contribution >= 0.6 is 0 Å². The number of rotatable bonds is 45. The molecule has 6 heteroatoms. The van der Waals surface area contributed by atoms with Gasteiger partial charge in [0.25, 0.3) is 0 Å². The van der Waals surface area contributed by atoms with Crippen LogP contribution in [0, 0.1) is 0 Å². The fourth-order valence-electron chi connectivity index (χ4n) is 6.63. The molecule has 0 saturated carbocycles. The van der Waals surface area contributed by atoms with Gasteiger partial charge in [-0.05, 0) is 96.3 Å². The SMILES string of the molecule is CC/C=C\C/C=C\C/C=C\C/C=C\C/C=C\CCCC(=O)OCC(COC(=O)CCC/C=C\C/C=C\C/C=C\C/C=C\C/C=C\CC)OC(=O)CCCCCCCCCCCCCCC. The second kappa shape index (κ2) is 52.4. The van der Waals surface area contributed by atoms with Crippen LogP contribution < -0.4 is 0 Å². The summed E-state index contributed by atoms with van der Waals surface area (Å²) in [5.41, 5.74) is 0. The number of carbonyl (C=O) groups is 3. The molecule has 0 aliphatic heterocycles. The van der Waals surface area contributed by atoms with Gasteiger partial charge in [0.15, 0.2) is 6.10 Å². The van der Waals surface area contributed by atoms with Crippen LogP contribution in [0.25, 0.3) is 0 Å². The first-order chi connectivity index (χ1) is 32.0. The Morgan fingerprint density at radius 2 is 0.600 bits per heavy atom. The molecule has 0 aliphatic carbocycles. The molecule has 65 heavy (non-hydrogen) atoms. The number of allylic oxidation sites excluding steroid dienone is 20. The maximum absolute atomic E-state index is 12.8. The number of ether oxygens (including phenoxy) is 3. The minimum Gasteiger partial charge on any atom is -0.462 e. The van der Waals surface area contributed by atoms with Gasteiger partial charge < -0.3 is 14.2 Å². The molecule has 0 fully saturated rings. The first-order valence-corrected chi connectivity index (χ1v) is 26.0. The molecular weight excluding hydrogens is 805 g/mol. The topological polar surface area (TPSA) is 78.9 Å². The Bertz CT molecular complexity index is 1320. The van der Waals surface area contributed by atoms with Crippen molar-refractivity contribution in [3.8, 4) is 0 Å². The molecule has 0 aromatic heterocycles. The minimum absolute atomic E-state index is 0.127. The number of hydrogen-bond acceptors (Lipinski definition) is 6. The number of carbonyl (C=O) groups excluding carboxylic acids is 3. The van der Waals surface area contributed by atoms with E-state index in [4.69, 9.17) is 14.2 Å². The molecule has 0 bridgehead atoms. The second-order valence-corrected chi connectivity index (χ2v) is 16.7. The minimum atomic E-state index is -0.825. The van der Waals surface area contributed by atoms with Crippen LogP contribution in [0.1, 0.15) is 213 Å². The summed E-state index contributed by atoms with van der Waals surface area (Å²) in [6.07, 6.45) is 71.9. The average molecular weight is 899 g/mol. The molecule has 0 heterocycles. The van der Waals surface area contributed by atoms with Crippen LogP contribution in [-0.4, -0.2) is 37.2 Å². The molecular formula is C59H94O6. The molecule has 366 valence electrons. The number of hydrogen-bond donors (Lipinski definition) is 0.